The first-order chi connectivity index (χ1) is 8.55. The Morgan fingerprint density at radius 1 is 1.33 bits per heavy atom. The van der Waals surface area contributed by atoms with Crippen molar-refractivity contribution < 1.29 is 18.4 Å². The maximum Gasteiger partial charge on any atom is 0.521 e. The van der Waals surface area contributed by atoms with Crippen LogP contribution in [0.15, 0.2) is 0 Å². The van der Waals surface area contributed by atoms with Gasteiger partial charge in [0.05, 0.1) is 5.67 Å². The van der Waals surface area contributed by atoms with Crippen molar-refractivity contribution in [2.45, 2.75) is 52.1 Å². The molecule has 1 saturated heterocycles. The van der Waals surface area contributed by atoms with Crippen molar-refractivity contribution in [1.29, 1.82) is 0 Å². The summed E-state index contributed by atoms with van der Waals surface area (Å²) in [6.45, 7) is 7.44. The molecule has 1 fully saturated rings. The van der Waals surface area contributed by atoms with Crippen LogP contribution in [0, 0.1) is 0 Å². The molecule has 1 N–H and O–H groups in total. The molecule has 18 heavy (non-hydrogen) atoms. The second-order valence-electron chi connectivity index (χ2n) is 4.69. The summed E-state index contributed by atoms with van der Waals surface area (Å²) in [5.74, 6) is 0.0913. The molecule has 1 heterocycles. The molecule has 0 spiro atoms. The zero-order valence-corrected chi connectivity index (χ0v) is 12.6. The molecular formula is C12H25NO4Si. The van der Waals surface area contributed by atoms with Crippen LogP contribution in [-0.4, -0.2) is 49.8 Å². The first-order valence-corrected chi connectivity index (χ1v) is 8.69. The minimum Gasteiger partial charge on any atom is -0.389 e. The minimum atomic E-state index is -3.30. The molecule has 0 saturated carbocycles. The molecule has 0 aliphatic carbocycles. The van der Waals surface area contributed by atoms with Crippen LogP contribution < -0.4 is 0 Å². The van der Waals surface area contributed by atoms with Crippen LogP contribution in [0.3, 0.4) is 0 Å². The molecule has 0 radical (unpaired) electrons. The summed E-state index contributed by atoms with van der Waals surface area (Å²) in [7, 11) is -3.30. The lowest BCUT2D eigenvalue weighted by Crippen LogP contribution is -2.60. The van der Waals surface area contributed by atoms with E-state index in [4.69, 9.17) is 8.85 Å². The van der Waals surface area contributed by atoms with Gasteiger partial charge in [0.25, 0.3) is 0 Å². The summed E-state index contributed by atoms with van der Waals surface area (Å²) in [6, 6.07) is 0. The fraction of sp³-hybridized carbons (Fsp3) is 0.917. The Bertz CT molecular complexity index is 267. The van der Waals surface area contributed by atoms with Gasteiger partial charge in [-0.1, -0.05) is 13.8 Å². The lowest BCUT2D eigenvalue weighted by Gasteiger charge is -2.34. The number of amides is 1. The van der Waals surface area contributed by atoms with E-state index in [1.54, 1.807) is 4.90 Å². The molecule has 1 atom stereocenters. The fourth-order valence-electron chi connectivity index (χ4n) is 2.05. The molecule has 6 heteroatoms. The van der Waals surface area contributed by atoms with E-state index in [9.17, 15) is 9.59 Å². The third-order valence-corrected chi connectivity index (χ3v) is 5.73. The number of carbonyl (C=O) groups excluding carboxylic acids is 1. The maximum absolute atomic E-state index is 11.7. The average molecular weight is 275 g/mol. The Balaban J connectivity index is 2.70. The Morgan fingerprint density at radius 3 is 2.28 bits per heavy atom. The lowest BCUT2D eigenvalue weighted by atomic mass is 10.4. The van der Waals surface area contributed by atoms with Gasteiger partial charge in [-0.05, 0) is 26.2 Å². The van der Waals surface area contributed by atoms with Gasteiger partial charge in [0.2, 0.25) is 5.91 Å². The monoisotopic (exact) mass is 275 g/mol. The largest absolute Gasteiger partial charge is 0.521 e. The van der Waals surface area contributed by atoms with E-state index in [0.29, 0.717) is 26.2 Å². The summed E-state index contributed by atoms with van der Waals surface area (Å²) in [5, 5.41) is 0. The van der Waals surface area contributed by atoms with Gasteiger partial charge in [0.1, 0.15) is 0 Å². The first-order valence-electron chi connectivity index (χ1n) is 6.85. The summed E-state index contributed by atoms with van der Waals surface area (Å²) in [4.78, 5) is 24.1. The van der Waals surface area contributed by atoms with Crippen LogP contribution >= 0.6 is 0 Å². The second-order valence-corrected chi connectivity index (χ2v) is 7.37. The van der Waals surface area contributed by atoms with Gasteiger partial charge in [0.15, 0.2) is 0 Å². The van der Waals surface area contributed by atoms with Gasteiger partial charge in [-0.15, -0.1) is 0 Å². The Hall–Kier alpha value is -0.433. The topological polar surface area (TPSA) is 59.0 Å². The molecule has 0 bridgehead atoms. The van der Waals surface area contributed by atoms with Crippen molar-refractivity contribution in [3.63, 3.8) is 0 Å². The van der Waals surface area contributed by atoms with Crippen LogP contribution in [0.4, 0.5) is 0 Å². The van der Waals surface area contributed by atoms with E-state index in [2.05, 4.69) is 0 Å². The van der Waals surface area contributed by atoms with Crippen molar-refractivity contribution in [2.24, 2.45) is 0 Å². The molecule has 1 unspecified atom stereocenters. The number of hydrogen-bond acceptors (Lipinski definition) is 4. The SMILES string of the molecule is CCCO[Si](O)(OCCC)C(C)N1CCCC1=O. The van der Waals surface area contributed by atoms with E-state index in [0.717, 1.165) is 19.3 Å². The van der Waals surface area contributed by atoms with E-state index < -0.39 is 8.80 Å². The Morgan fingerprint density at radius 2 is 1.89 bits per heavy atom. The summed E-state index contributed by atoms with van der Waals surface area (Å²) in [6.07, 6.45) is 3.07. The molecule has 0 aromatic heterocycles. The number of rotatable bonds is 8. The molecule has 5 nitrogen and oxygen atoms in total. The standard InChI is InChI=1S/C12H25NO4Si/c1-4-9-16-18(15,17-10-5-2)11(3)13-8-6-7-12(13)14/h11,15H,4-10H2,1-3H3. The molecule has 1 aliphatic heterocycles. The Kier molecular flexibility index (Phi) is 6.27. The van der Waals surface area contributed by atoms with Crippen LogP contribution in [0.1, 0.15) is 46.5 Å². The molecule has 1 rings (SSSR count). The van der Waals surface area contributed by atoms with E-state index in [1.807, 2.05) is 20.8 Å². The number of carbonyl (C=O) groups is 1. The number of likely N-dealkylation sites (tertiary alicyclic amines) is 1. The average Bonchev–Trinajstić information content (AvgIpc) is 2.79. The first kappa shape index (κ1) is 15.6. The zero-order chi connectivity index (χ0) is 13.6. The molecule has 1 aliphatic rings. The molecule has 0 aromatic carbocycles. The van der Waals surface area contributed by atoms with Gasteiger partial charge in [-0.2, -0.15) is 0 Å². The predicted molar refractivity (Wildman–Crippen MR) is 70.9 cm³/mol. The van der Waals surface area contributed by atoms with Crippen molar-refractivity contribution in [1.82, 2.24) is 4.90 Å². The highest BCUT2D eigenvalue weighted by Gasteiger charge is 2.48. The third-order valence-electron chi connectivity index (χ3n) is 3.13. The van der Waals surface area contributed by atoms with Crippen molar-refractivity contribution in [3.05, 3.63) is 0 Å². The molecular weight excluding hydrogens is 250 g/mol. The second kappa shape index (κ2) is 7.23. The normalized spacial score (nSPS) is 18.4. The smallest absolute Gasteiger partial charge is 0.389 e. The summed E-state index contributed by atoms with van der Waals surface area (Å²) in [5.41, 5.74) is -0.342. The van der Waals surface area contributed by atoms with E-state index >= 15 is 0 Å². The highest BCUT2D eigenvalue weighted by molar-refractivity contribution is 6.61. The van der Waals surface area contributed by atoms with Gasteiger partial charge in [0, 0.05) is 26.2 Å². The lowest BCUT2D eigenvalue weighted by molar-refractivity contribution is -0.129. The van der Waals surface area contributed by atoms with Crippen LogP contribution in [0.2, 0.25) is 0 Å². The summed E-state index contributed by atoms with van der Waals surface area (Å²) < 4.78 is 11.2. The molecule has 106 valence electrons. The van der Waals surface area contributed by atoms with Crippen LogP contribution in [0.5, 0.6) is 0 Å². The summed E-state index contributed by atoms with van der Waals surface area (Å²) >= 11 is 0. The minimum absolute atomic E-state index is 0.0913. The third kappa shape index (κ3) is 3.78. The molecule has 1 amide bonds. The van der Waals surface area contributed by atoms with Crippen molar-refractivity contribution >= 4 is 14.7 Å². The number of nitrogens with zero attached hydrogens (tertiary/aromatic N) is 1. The predicted octanol–water partition coefficient (Wildman–Crippen LogP) is 1.32. The molecule has 0 aromatic rings. The van der Waals surface area contributed by atoms with Gasteiger partial charge < -0.3 is 18.5 Å². The highest BCUT2D eigenvalue weighted by Crippen LogP contribution is 2.21. The van der Waals surface area contributed by atoms with Crippen LogP contribution in [0.25, 0.3) is 0 Å². The van der Waals surface area contributed by atoms with Crippen molar-refractivity contribution in [2.75, 3.05) is 19.8 Å². The van der Waals surface area contributed by atoms with Crippen LogP contribution in [-0.2, 0) is 13.6 Å². The fourth-order valence-corrected chi connectivity index (χ4v) is 4.28. The number of hydrogen-bond donors (Lipinski definition) is 1. The van der Waals surface area contributed by atoms with Gasteiger partial charge in [-0.25, -0.2) is 0 Å². The van der Waals surface area contributed by atoms with Gasteiger partial charge >= 0.3 is 8.80 Å². The van der Waals surface area contributed by atoms with E-state index in [1.165, 1.54) is 0 Å². The maximum atomic E-state index is 11.7. The zero-order valence-electron chi connectivity index (χ0n) is 11.6. The quantitative estimate of drug-likeness (QED) is 0.679. The van der Waals surface area contributed by atoms with Crippen molar-refractivity contribution in [3.8, 4) is 0 Å². The Labute approximate surface area is 110 Å². The van der Waals surface area contributed by atoms with E-state index in [-0.39, 0.29) is 11.6 Å². The van der Waals surface area contributed by atoms with Gasteiger partial charge in [-0.3, -0.25) is 4.79 Å². The highest BCUT2D eigenvalue weighted by atomic mass is 28.4.